The molecule has 0 unspecified atom stereocenters. The Balaban J connectivity index is 0.00000132. The predicted molar refractivity (Wildman–Crippen MR) is 85.3 cm³/mol. The molecule has 2 aromatic carbocycles. The van der Waals surface area contributed by atoms with Crippen molar-refractivity contribution in [2.45, 2.75) is 19.3 Å². The molecule has 2 nitrogen and oxygen atoms in total. The van der Waals surface area contributed by atoms with Gasteiger partial charge in [-0.1, -0.05) is 42.5 Å². The zero-order valence-electron chi connectivity index (χ0n) is 11.9. The number of anilines is 1. The first-order valence-electron chi connectivity index (χ1n) is 7.46. The lowest BCUT2D eigenvalue weighted by atomic mass is 10.0. The standard InChI is InChI=1S/C18H18N2.ClH/c1-6-12-20(13-7-1)18-16-10-3-2-8-14(16)15-9-4-5-11-17(15)19-18;/h2-5,8-11H,1,6-7,12-13H2;1H/p-1. The quantitative estimate of drug-likeness (QED) is 0.631. The van der Waals surface area contributed by atoms with Crippen LogP contribution in [0.3, 0.4) is 0 Å². The molecule has 1 saturated heterocycles. The fourth-order valence-electron chi connectivity index (χ4n) is 3.23. The molecule has 1 aliphatic rings. The van der Waals surface area contributed by atoms with E-state index in [4.69, 9.17) is 4.98 Å². The monoisotopic (exact) mass is 297 g/mol. The summed E-state index contributed by atoms with van der Waals surface area (Å²) >= 11 is 0. The molecule has 4 rings (SSSR count). The second-order valence-electron chi connectivity index (χ2n) is 5.55. The van der Waals surface area contributed by atoms with Gasteiger partial charge in [-0.2, -0.15) is 0 Å². The highest BCUT2D eigenvalue weighted by molar-refractivity contribution is 6.10. The highest BCUT2D eigenvalue weighted by Gasteiger charge is 2.16. The number of piperidine rings is 1. The highest BCUT2D eigenvalue weighted by Crippen LogP contribution is 2.32. The molecule has 0 radical (unpaired) electrons. The lowest BCUT2D eigenvalue weighted by molar-refractivity contribution is -0.00000393. The summed E-state index contributed by atoms with van der Waals surface area (Å²) < 4.78 is 0. The number of pyridine rings is 1. The Kier molecular flexibility index (Phi) is 3.98. The van der Waals surface area contributed by atoms with Gasteiger partial charge < -0.3 is 17.3 Å². The van der Waals surface area contributed by atoms with Gasteiger partial charge in [-0.3, -0.25) is 0 Å². The van der Waals surface area contributed by atoms with Crippen molar-refractivity contribution in [3.8, 4) is 0 Å². The van der Waals surface area contributed by atoms with E-state index in [9.17, 15) is 0 Å². The molecule has 0 bridgehead atoms. The first-order chi connectivity index (χ1) is 9.93. The number of aromatic nitrogens is 1. The number of hydrogen-bond acceptors (Lipinski definition) is 2. The molecule has 3 aromatic rings. The Hall–Kier alpha value is -1.80. The first-order valence-corrected chi connectivity index (χ1v) is 7.46. The van der Waals surface area contributed by atoms with Crippen LogP contribution in [-0.4, -0.2) is 18.1 Å². The number of halogens is 1. The molecule has 3 heteroatoms. The number of rotatable bonds is 1. The SMILES string of the molecule is [Cl-].c1ccc2c(c1)nc(N1CCCCC1)c1ccccc12. The van der Waals surface area contributed by atoms with E-state index in [-0.39, 0.29) is 12.4 Å². The first kappa shape index (κ1) is 14.2. The smallest absolute Gasteiger partial charge is 0.137 e. The van der Waals surface area contributed by atoms with Crippen LogP contribution < -0.4 is 17.3 Å². The van der Waals surface area contributed by atoms with E-state index in [1.807, 2.05) is 0 Å². The van der Waals surface area contributed by atoms with Crippen molar-refractivity contribution >= 4 is 27.5 Å². The average Bonchev–Trinajstić information content (AvgIpc) is 2.55. The molecular formula is C18H18ClN2-. The van der Waals surface area contributed by atoms with Crippen LogP contribution in [0.25, 0.3) is 21.7 Å². The summed E-state index contributed by atoms with van der Waals surface area (Å²) in [6.07, 6.45) is 3.91. The summed E-state index contributed by atoms with van der Waals surface area (Å²) in [6, 6.07) is 17.1. The van der Waals surface area contributed by atoms with E-state index < -0.39 is 0 Å². The van der Waals surface area contributed by atoms with Crippen LogP contribution in [0, 0.1) is 0 Å². The average molecular weight is 298 g/mol. The number of benzene rings is 2. The third kappa shape index (κ3) is 2.44. The van der Waals surface area contributed by atoms with Crippen LogP contribution in [0.1, 0.15) is 19.3 Å². The van der Waals surface area contributed by atoms with E-state index in [1.54, 1.807) is 0 Å². The van der Waals surface area contributed by atoms with E-state index in [2.05, 4.69) is 53.4 Å². The van der Waals surface area contributed by atoms with Gasteiger partial charge in [-0.05, 0) is 30.7 Å². The highest BCUT2D eigenvalue weighted by atomic mass is 35.5. The molecule has 0 amide bonds. The Morgan fingerprint density at radius 2 is 1.33 bits per heavy atom. The third-order valence-electron chi connectivity index (χ3n) is 4.24. The maximum Gasteiger partial charge on any atom is 0.137 e. The molecule has 21 heavy (non-hydrogen) atoms. The van der Waals surface area contributed by atoms with Gasteiger partial charge >= 0.3 is 0 Å². The molecule has 0 saturated carbocycles. The number of para-hydroxylation sites is 1. The van der Waals surface area contributed by atoms with Crippen LogP contribution >= 0.6 is 0 Å². The Morgan fingerprint density at radius 3 is 2.10 bits per heavy atom. The Labute approximate surface area is 131 Å². The second-order valence-corrected chi connectivity index (χ2v) is 5.55. The number of fused-ring (bicyclic) bond motifs is 3. The maximum absolute atomic E-state index is 4.95. The predicted octanol–water partition coefficient (Wildman–Crippen LogP) is 1.38. The minimum atomic E-state index is 0. The van der Waals surface area contributed by atoms with Crippen molar-refractivity contribution in [2.75, 3.05) is 18.0 Å². The molecule has 0 N–H and O–H groups in total. The van der Waals surface area contributed by atoms with Crippen molar-refractivity contribution in [1.82, 2.24) is 4.98 Å². The van der Waals surface area contributed by atoms with Crippen molar-refractivity contribution in [3.63, 3.8) is 0 Å². The van der Waals surface area contributed by atoms with Gasteiger partial charge in [0, 0.05) is 23.9 Å². The van der Waals surface area contributed by atoms with Crippen molar-refractivity contribution in [3.05, 3.63) is 48.5 Å². The van der Waals surface area contributed by atoms with Crippen LogP contribution in [-0.2, 0) is 0 Å². The zero-order chi connectivity index (χ0) is 13.4. The van der Waals surface area contributed by atoms with Gasteiger partial charge in [-0.25, -0.2) is 4.98 Å². The van der Waals surface area contributed by atoms with E-state index in [0.717, 1.165) is 18.6 Å². The van der Waals surface area contributed by atoms with Crippen LogP contribution in [0.4, 0.5) is 5.82 Å². The van der Waals surface area contributed by atoms with Gasteiger partial charge in [0.25, 0.3) is 0 Å². The molecule has 0 aliphatic carbocycles. The van der Waals surface area contributed by atoms with Crippen LogP contribution in [0.2, 0.25) is 0 Å². The summed E-state index contributed by atoms with van der Waals surface area (Å²) in [5, 5.41) is 3.86. The molecule has 1 fully saturated rings. The van der Waals surface area contributed by atoms with Crippen LogP contribution in [0.15, 0.2) is 48.5 Å². The summed E-state index contributed by atoms with van der Waals surface area (Å²) in [5.41, 5.74) is 1.10. The minimum Gasteiger partial charge on any atom is -1.00 e. The summed E-state index contributed by atoms with van der Waals surface area (Å²) in [6.45, 7) is 2.27. The van der Waals surface area contributed by atoms with E-state index >= 15 is 0 Å². The normalized spacial score (nSPS) is 15.1. The van der Waals surface area contributed by atoms with E-state index in [0.29, 0.717) is 0 Å². The third-order valence-corrected chi connectivity index (χ3v) is 4.24. The van der Waals surface area contributed by atoms with Gasteiger partial charge in [0.05, 0.1) is 5.52 Å². The fourth-order valence-corrected chi connectivity index (χ4v) is 3.23. The lowest BCUT2D eigenvalue weighted by Crippen LogP contribution is -3.00. The molecule has 2 heterocycles. The van der Waals surface area contributed by atoms with Gasteiger partial charge in [0.15, 0.2) is 0 Å². The summed E-state index contributed by atoms with van der Waals surface area (Å²) in [7, 11) is 0. The number of hydrogen-bond donors (Lipinski definition) is 0. The Bertz CT molecular complexity index is 763. The zero-order valence-corrected chi connectivity index (χ0v) is 12.7. The Morgan fingerprint density at radius 1 is 0.714 bits per heavy atom. The molecule has 108 valence electrons. The lowest BCUT2D eigenvalue weighted by Gasteiger charge is -2.29. The fraction of sp³-hybridized carbons (Fsp3) is 0.278. The molecule has 0 spiro atoms. The largest absolute Gasteiger partial charge is 1.00 e. The van der Waals surface area contributed by atoms with Crippen molar-refractivity contribution < 1.29 is 12.4 Å². The van der Waals surface area contributed by atoms with Crippen LogP contribution in [0.5, 0.6) is 0 Å². The summed E-state index contributed by atoms with van der Waals surface area (Å²) in [5.74, 6) is 1.17. The molecule has 1 aliphatic heterocycles. The number of nitrogens with zero attached hydrogens (tertiary/aromatic N) is 2. The maximum atomic E-state index is 4.95. The van der Waals surface area contributed by atoms with Crippen molar-refractivity contribution in [1.29, 1.82) is 0 Å². The van der Waals surface area contributed by atoms with Gasteiger partial charge in [0.2, 0.25) is 0 Å². The summed E-state index contributed by atoms with van der Waals surface area (Å²) in [4.78, 5) is 7.41. The molecule has 0 atom stereocenters. The van der Waals surface area contributed by atoms with E-state index in [1.165, 1.54) is 41.2 Å². The second kappa shape index (κ2) is 5.90. The molecule has 1 aromatic heterocycles. The van der Waals surface area contributed by atoms with Gasteiger partial charge in [-0.15, -0.1) is 0 Å². The van der Waals surface area contributed by atoms with Crippen molar-refractivity contribution in [2.24, 2.45) is 0 Å². The van der Waals surface area contributed by atoms with Gasteiger partial charge in [0.1, 0.15) is 5.82 Å². The topological polar surface area (TPSA) is 16.1 Å². The molecular weight excluding hydrogens is 280 g/mol. The minimum absolute atomic E-state index is 0.